The van der Waals surface area contributed by atoms with Gasteiger partial charge >= 0.3 is 6.18 Å². The second-order valence-corrected chi connectivity index (χ2v) is 5.24. The van der Waals surface area contributed by atoms with Crippen molar-refractivity contribution < 1.29 is 13.2 Å². The van der Waals surface area contributed by atoms with Crippen LogP contribution in [0.2, 0.25) is 0 Å². The topological polar surface area (TPSA) is 12.0 Å². The number of hydrogen-bond donors (Lipinski definition) is 1. The van der Waals surface area contributed by atoms with Crippen molar-refractivity contribution in [2.75, 3.05) is 13.1 Å². The fraction of sp³-hybridized carbons (Fsp3) is 1.00. The van der Waals surface area contributed by atoms with Gasteiger partial charge in [0.2, 0.25) is 0 Å². The number of halogens is 3. The van der Waals surface area contributed by atoms with Crippen LogP contribution in [0, 0.1) is 11.3 Å². The zero-order valence-corrected chi connectivity index (χ0v) is 9.58. The van der Waals surface area contributed by atoms with E-state index in [2.05, 4.69) is 5.32 Å². The predicted molar refractivity (Wildman–Crippen MR) is 57.2 cm³/mol. The third-order valence-corrected chi connectivity index (χ3v) is 4.43. The molecule has 94 valence electrons. The summed E-state index contributed by atoms with van der Waals surface area (Å²) in [5, 5.41) is 3.16. The molecule has 1 saturated carbocycles. The fourth-order valence-electron chi connectivity index (χ4n) is 3.48. The molecule has 1 heterocycles. The van der Waals surface area contributed by atoms with Crippen LogP contribution < -0.4 is 5.32 Å². The van der Waals surface area contributed by atoms with E-state index in [4.69, 9.17) is 0 Å². The normalized spacial score (nSPS) is 27.9. The SMILES string of the molecule is FC(F)(F)C1(C2CCNCC2)CCCCC1. The van der Waals surface area contributed by atoms with Gasteiger partial charge in [-0.1, -0.05) is 19.3 Å². The van der Waals surface area contributed by atoms with Crippen LogP contribution >= 0.6 is 0 Å². The first-order chi connectivity index (χ1) is 7.56. The van der Waals surface area contributed by atoms with E-state index in [0.29, 0.717) is 25.7 Å². The van der Waals surface area contributed by atoms with E-state index < -0.39 is 11.6 Å². The zero-order chi connectivity index (χ0) is 11.6. The molecule has 0 unspecified atom stereocenters. The standard InChI is InChI=1S/C12H20F3N/c13-12(14,15)11(6-2-1-3-7-11)10-4-8-16-9-5-10/h10,16H,1-9H2. The van der Waals surface area contributed by atoms with E-state index in [1.807, 2.05) is 0 Å². The summed E-state index contributed by atoms with van der Waals surface area (Å²) in [5.74, 6) is -0.144. The van der Waals surface area contributed by atoms with Gasteiger partial charge in [0.25, 0.3) is 0 Å². The molecule has 1 aliphatic heterocycles. The highest BCUT2D eigenvalue weighted by Crippen LogP contribution is 2.55. The summed E-state index contributed by atoms with van der Waals surface area (Å²) >= 11 is 0. The highest BCUT2D eigenvalue weighted by atomic mass is 19.4. The number of rotatable bonds is 1. The molecule has 0 atom stereocenters. The number of piperidine rings is 1. The van der Waals surface area contributed by atoms with Crippen LogP contribution in [0.1, 0.15) is 44.9 Å². The molecule has 4 heteroatoms. The Bertz CT molecular complexity index is 225. The van der Waals surface area contributed by atoms with Gasteiger partial charge in [0, 0.05) is 0 Å². The Hall–Kier alpha value is -0.250. The van der Waals surface area contributed by atoms with Crippen molar-refractivity contribution in [3.63, 3.8) is 0 Å². The maximum Gasteiger partial charge on any atom is 0.394 e. The third kappa shape index (κ3) is 2.08. The lowest BCUT2D eigenvalue weighted by Crippen LogP contribution is -2.49. The smallest absolute Gasteiger partial charge is 0.317 e. The van der Waals surface area contributed by atoms with Crippen molar-refractivity contribution >= 4 is 0 Å². The van der Waals surface area contributed by atoms with E-state index in [1.54, 1.807) is 0 Å². The van der Waals surface area contributed by atoms with Gasteiger partial charge in [-0.25, -0.2) is 0 Å². The molecule has 1 aliphatic carbocycles. The average Bonchev–Trinajstić information content (AvgIpc) is 2.30. The lowest BCUT2D eigenvalue weighted by atomic mass is 9.62. The largest absolute Gasteiger partial charge is 0.394 e. The van der Waals surface area contributed by atoms with Crippen LogP contribution in [0.4, 0.5) is 13.2 Å². The molecule has 2 rings (SSSR count). The molecule has 2 aliphatic rings. The van der Waals surface area contributed by atoms with Crippen molar-refractivity contribution in [1.29, 1.82) is 0 Å². The molecule has 2 fully saturated rings. The molecule has 0 aromatic carbocycles. The summed E-state index contributed by atoms with van der Waals surface area (Å²) in [6.07, 6.45) is 0.590. The van der Waals surface area contributed by atoms with Crippen LogP contribution in [0.5, 0.6) is 0 Å². The molecule has 0 bridgehead atoms. The van der Waals surface area contributed by atoms with E-state index in [0.717, 1.165) is 32.4 Å². The van der Waals surface area contributed by atoms with Crippen LogP contribution in [0.3, 0.4) is 0 Å². The Morgan fingerprint density at radius 3 is 2.00 bits per heavy atom. The van der Waals surface area contributed by atoms with Gasteiger partial charge in [-0.2, -0.15) is 13.2 Å². The molecular weight excluding hydrogens is 215 g/mol. The predicted octanol–water partition coefficient (Wildman–Crippen LogP) is 3.50. The molecule has 0 aromatic heterocycles. The summed E-state index contributed by atoms with van der Waals surface area (Å²) in [6.45, 7) is 1.50. The van der Waals surface area contributed by atoms with Gasteiger partial charge in [0.05, 0.1) is 5.41 Å². The highest BCUT2D eigenvalue weighted by molar-refractivity contribution is 4.96. The molecule has 0 spiro atoms. The van der Waals surface area contributed by atoms with Crippen LogP contribution in [-0.2, 0) is 0 Å². The van der Waals surface area contributed by atoms with Crippen molar-refractivity contribution in [3.05, 3.63) is 0 Å². The minimum atomic E-state index is -4.00. The molecule has 16 heavy (non-hydrogen) atoms. The third-order valence-electron chi connectivity index (χ3n) is 4.43. The summed E-state index contributed by atoms with van der Waals surface area (Å²) < 4.78 is 40.1. The van der Waals surface area contributed by atoms with Crippen LogP contribution in [0.25, 0.3) is 0 Å². The number of alkyl halides is 3. The zero-order valence-electron chi connectivity index (χ0n) is 9.58. The first-order valence-electron chi connectivity index (χ1n) is 6.34. The van der Waals surface area contributed by atoms with Gasteiger partial charge in [-0.15, -0.1) is 0 Å². The fourth-order valence-corrected chi connectivity index (χ4v) is 3.48. The van der Waals surface area contributed by atoms with Crippen LogP contribution in [0.15, 0.2) is 0 Å². The maximum atomic E-state index is 13.4. The average molecular weight is 235 g/mol. The number of nitrogens with one attached hydrogen (secondary N) is 1. The van der Waals surface area contributed by atoms with Gasteiger partial charge in [-0.3, -0.25) is 0 Å². The second kappa shape index (κ2) is 4.55. The monoisotopic (exact) mass is 235 g/mol. The molecule has 0 amide bonds. The Morgan fingerprint density at radius 1 is 0.938 bits per heavy atom. The molecule has 1 saturated heterocycles. The molecule has 1 N–H and O–H groups in total. The lowest BCUT2D eigenvalue weighted by Gasteiger charge is -2.46. The van der Waals surface area contributed by atoms with Gasteiger partial charge in [-0.05, 0) is 44.7 Å². The minimum Gasteiger partial charge on any atom is -0.317 e. The Morgan fingerprint density at radius 2 is 1.50 bits per heavy atom. The van der Waals surface area contributed by atoms with E-state index in [1.165, 1.54) is 0 Å². The number of hydrogen-bond acceptors (Lipinski definition) is 1. The highest BCUT2D eigenvalue weighted by Gasteiger charge is 2.58. The van der Waals surface area contributed by atoms with Gasteiger partial charge < -0.3 is 5.32 Å². The molecule has 0 radical (unpaired) electrons. The van der Waals surface area contributed by atoms with Gasteiger partial charge in [0.1, 0.15) is 0 Å². The minimum absolute atomic E-state index is 0.144. The van der Waals surface area contributed by atoms with E-state index in [9.17, 15) is 13.2 Å². The lowest BCUT2D eigenvalue weighted by molar-refractivity contribution is -0.256. The Balaban J connectivity index is 2.18. The molecule has 0 aromatic rings. The quantitative estimate of drug-likeness (QED) is 0.733. The van der Waals surface area contributed by atoms with Crippen molar-refractivity contribution in [1.82, 2.24) is 5.32 Å². The summed E-state index contributed by atoms with van der Waals surface area (Å²) in [4.78, 5) is 0. The summed E-state index contributed by atoms with van der Waals surface area (Å²) in [5.41, 5.74) is -1.35. The molecule has 1 nitrogen and oxygen atoms in total. The molecular formula is C12H20F3N. The van der Waals surface area contributed by atoms with Crippen molar-refractivity contribution in [2.45, 2.75) is 51.1 Å². The Labute approximate surface area is 94.8 Å². The Kier molecular flexibility index (Phi) is 3.48. The van der Waals surface area contributed by atoms with Gasteiger partial charge in [0.15, 0.2) is 0 Å². The van der Waals surface area contributed by atoms with E-state index in [-0.39, 0.29) is 5.92 Å². The second-order valence-electron chi connectivity index (χ2n) is 5.24. The first kappa shape index (κ1) is 12.2. The summed E-state index contributed by atoms with van der Waals surface area (Å²) in [7, 11) is 0. The first-order valence-corrected chi connectivity index (χ1v) is 6.34. The van der Waals surface area contributed by atoms with Crippen LogP contribution in [-0.4, -0.2) is 19.3 Å². The van der Waals surface area contributed by atoms with E-state index >= 15 is 0 Å². The summed E-state index contributed by atoms with van der Waals surface area (Å²) in [6, 6.07) is 0. The van der Waals surface area contributed by atoms with Crippen molar-refractivity contribution in [2.24, 2.45) is 11.3 Å². The maximum absolute atomic E-state index is 13.4. The van der Waals surface area contributed by atoms with Crippen molar-refractivity contribution in [3.8, 4) is 0 Å².